The summed E-state index contributed by atoms with van der Waals surface area (Å²) in [5.74, 6) is 1.86. The van der Waals surface area contributed by atoms with Gasteiger partial charge in [0.05, 0.1) is 4.88 Å². The van der Waals surface area contributed by atoms with E-state index in [-0.39, 0.29) is 0 Å². The van der Waals surface area contributed by atoms with Gasteiger partial charge in [-0.2, -0.15) is 0 Å². The minimum absolute atomic E-state index is 0.925. The standard InChI is InChI=1S/C17H19N3S2/c1-11-8-12(2)14(13(3)9-11)10-22-17-19-18-16(20(17)4)15-6-5-7-21-15/h5-9H,10H2,1-4H3. The second-order valence-electron chi connectivity index (χ2n) is 5.51. The van der Waals surface area contributed by atoms with E-state index < -0.39 is 0 Å². The molecular weight excluding hydrogens is 310 g/mol. The van der Waals surface area contributed by atoms with Crippen LogP contribution >= 0.6 is 23.1 Å². The first-order valence-electron chi connectivity index (χ1n) is 7.19. The highest BCUT2D eigenvalue weighted by molar-refractivity contribution is 7.98. The molecule has 2 aromatic heterocycles. The molecule has 0 fully saturated rings. The van der Waals surface area contributed by atoms with E-state index in [0.29, 0.717) is 0 Å². The lowest BCUT2D eigenvalue weighted by molar-refractivity contribution is 0.794. The van der Waals surface area contributed by atoms with Gasteiger partial charge in [0, 0.05) is 12.8 Å². The van der Waals surface area contributed by atoms with Gasteiger partial charge in [-0.25, -0.2) is 0 Å². The molecule has 0 radical (unpaired) electrons. The summed E-state index contributed by atoms with van der Waals surface area (Å²) in [5.41, 5.74) is 5.43. The average Bonchev–Trinajstić information content (AvgIpc) is 3.08. The molecule has 0 aliphatic rings. The first kappa shape index (κ1) is 15.3. The number of rotatable bonds is 4. The lowest BCUT2D eigenvalue weighted by Crippen LogP contribution is -1.96. The number of thioether (sulfide) groups is 1. The van der Waals surface area contributed by atoms with Gasteiger partial charge in [0.1, 0.15) is 0 Å². The molecule has 114 valence electrons. The van der Waals surface area contributed by atoms with Crippen molar-refractivity contribution in [3.8, 4) is 10.7 Å². The minimum atomic E-state index is 0.925. The van der Waals surface area contributed by atoms with E-state index in [1.807, 2.05) is 13.1 Å². The molecule has 0 N–H and O–H groups in total. The fourth-order valence-electron chi connectivity index (χ4n) is 2.64. The van der Waals surface area contributed by atoms with Crippen molar-refractivity contribution in [2.75, 3.05) is 0 Å². The van der Waals surface area contributed by atoms with Gasteiger partial charge in [-0.15, -0.1) is 21.5 Å². The second kappa shape index (κ2) is 6.26. The molecule has 22 heavy (non-hydrogen) atoms. The van der Waals surface area contributed by atoms with Crippen LogP contribution < -0.4 is 0 Å². The van der Waals surface area contributed by atoms with E-state index in [4.69, 9.17) is 0 Å². The van der Waals surface area contributed by atoms with E-state index in [1.165, 1.54) is 22.3 Å². The number of benzene rings is 1. The maximum Gasteiger partial charge on any atom is 0.191 e. The molecule has 0 bridgehead atoms. The molecule has 0 spiro atoms. The van der Waals surface area contributed by atoms with Crippen LogP contribution in [-0.4, -0.2) is 14.8 Å². The van der Waals surface area contributed by atoms with Crippen LogP contribution in [0.2, 0.25) is 0 Å². The predicted octanol–water partition coefficient (Wildman–Crippen LogP) is 4.76. The van der Waals surface area contributed by atoms with E-state index in [1.54, 1.807) is 23.1 Å². The van der Waals surface area contributed by atoms with Crippen molar-refractivity contribution < 1.29 is 0 Å². The van der Waals surface area contributed by atoms with Crippen LogP contribution in [0.5, 0.6) is 0 Å². The summed E-state index contributed by atoms with van der Waals surface area (Å²) in [6.45, 7) is 6.51. The summed E-state index contributed by atoms with van der Waals surface area (Å²) in [4.78, 5) is 1.16. The largest absolute Gasteiger partial charge is 0.304 e. The van der Waals surface area contributed by atoms with Crippen LogP contribution in [0.25, 0.3) is 10.7 Å². The third-order valence-electron chi connectivity index (χ3n) is 3.76. The Hall–Kier alpha value is -1.59. The zero-order valence-corrected chi connectivity index (χ0v) is 14.9. The summed E-state index contributed by atoms with van der Waals surface area (Å²) in [5, 5.41) is 11.7. The summed E-state index contributed by atoms with van der Waals surface area (Å²) in [6, 6.07) is 8.62. The molecule has 0 saturated carbocycles. The predicted molar refractivity (Wildman–Crippen MR) is 94.5 cm³/mol. The molecule has 0 aliphatic carbocycles. The third-order valence-corrected chi connectivity index (χ3v) is 5.67. The number of nitrogens with zero attached hydrogens (tertiary/aromatic N) is 3. The molecule has 5 heteroatoms. The first-order chi connectivity index (χ1) is 10.6. The van der Waals surface area contributed by atoms with Crippen LogP contribution in [0.4, 0.5) is 0 Å². The zero-order valence-electron chi connectivity index (χ0n) is 13.3. The van der Waals surface area contributed by atoms with Crippen molar-refractivity contribution in [3.63, 3.8) is 0 Å². The summed E-state index contributed by atoms with van der Waals surface area (Å²) >= 11 is 3.44. The van der Waals surface area contributed by atoms with Crippen molar-refractivity contribution in [3.05, 3.63) is 51.9 Å². The molecule has 0 amide bonds. The first-order valence-corrected chi connectivity index (χ1v) is 9.05. The molecule has 0 saturated heterocycles. The van der Waals surface area contributed by atoms with Crippen molar-refractivity contribution in [2.45, 2.75) is 31.7 Å². The molecule has 3 nitrogen and oxygen atoms in total. The maximum absolute atomic E-state index is 4.35. The van der Waals surface area contributed by atoms with Gasteiger partial charge >= 0.3 is 0 Å². The van der Waals surface area contributed by atoms with Crippen LogP contribution in [0.1, 0.15) is 22.3 Å². The number of thiophene rings is 1. The smallest absolute Gasteiger partial charge is 0.191 e. The number of aromatic nitrogens is 3. The van der Waals surface area contributed by atoms with Crippen molar-refractivity contribution in [2.24, 2.45) is 7.05 Å². The van der Waals surface area contributed by atoms with E-state index >= 15 is 0 Å². The highest BCUT2D eigenvalue weighted by Gasteiger charge is 2.13. The maximum atomic E-state index is 4.35. The van der Waals surface area contributed by atoms with Gasteiger partial charge in [0.15, 0.2) is 11.0 Å². The van der Waals surface area contributed by atoms with Gasteiger partial charge in [0.2, 0.25) is 0 Å². The molecule has 2 heterocycles. The van der Waals surface area contributed by atoms with Crippen LogP contribution in [0.3, 0.4) is 0 Å². The van der Waals surface area contributed by atoms with Gasteiger partial charge in [-0.05, 0) is 48.9 Å². The van der Waals surface area contributed by atoms with Crippen molar-refractivity contribution in [1.82, 2.24) is 14.8 Å². The zero-order chi connectivity index (χ0) is 15.7. The number of aryl methyl sites for hydroxylation is 3. The van der Waals surface area contributed by atoms with Crippen molar-refractivity contribution >= 4 is 23.1 Å². The molecule has 0 atom stereocenters. The molecule has 0 unspecified atom stereocenters. The minimum Gasteiger partial charge on any atom is -0.304 e. The van der Waals surface area contributed by atoms with Gasteiger partial charge < -0.3 is 4.57 Å². The van der Waals surface area contributed by atoms with Gasteiger partial charge in [0.25, 0.3) is 0 Å². The Balaban J connectivity index is 1.81. The van der Waals surface area contributed by atoms with E-state index in [2.05, 4.69) is 59.1 Å². The molecule has 3 aromatic rings. The second-order valence-corrected chi connectivity index (χ2v) is 7.40. The Morgan fingerprint density at radius 2 is 1.86 bits per heavy atom. The summed E-state index contributed by atoms with van der Waals surface area (Å²) in [6.07, 6.45) is 0. The Bertz CT molecular complexity index is 765. The lowest BCUT2D eigenvalue weighted by atomic mass is 10.0. The fourth-order valence-corrected chi connectivity index (χ4v) is 4.49. The molecule has 0 aliphatic heterocycles. The number of hydrogen-bond acceptors (Lipinski definition) is 4. The Morgan fingerprint density at radius 1 is 1.14 bits per heavy atom. The third kappa shape index (κ3) is 2.96. The molecular formula is C17H19N3S2. The van der Waals surface area contributed by atoms with Crippen LogP contribution in [-0.2, 0) is 12.8 Å². The Kier molecular flexibility index (Phi) is 4.36. The molecule has 3 rings (SSSR count). The average molecular weight is 329 g/mol. The van der Waals surface area contributed by atoms with Crippen LogP contribution in [0.15, 0.2) is 34.8 Å². The van der Waals surface area contributed by atoms with Gasteiger partial charge in [-0.1, -0.05) is 35.5 Å². The van der Waals surface area contributed by atoms with Crippen molar-refractivity contribution in [1.29, 1.82) is 0 Å². The lowest BCUT2D eigenvalue weighted by Gasteiger charge is -2.10. The fraction of sp³-hybridized carbons (Fsp3) is 0.294. The topological polar surface area (TPSA) is 30.7 Å². The van der Waals surface area contributed by atoms with Crippen LogP contribution in [0, 0.1) is 20.8 Å². The highest BCUT2D eigenvalue weighted by Crippen LogP contribution is 2.29. The SMILES string of the molecule is Cc1cc(C)c(CSc2nnc(-c3cccs3)n2C)c(C)c1. The quantitative estimate of drug-likeness (QED) is 0.647. The normalized spacial score (nSPS) is 11.1. The summed E-state index contributed by atoms with van der Waals surface area (Å²) in [7, 11) is 2.03. The summed E-state index contributed by atoms with van der Waals surface area (Å²) < 4.78 is 2.08. The monoisotopic (exact) mass is 329 g/mol. The Morgan fingerprint density at radius 3 is 2.50 bits per heavy atom. The molecule has 1 aromatic carbocycles. The number of hydrogen-bond donors (Lipinski definition) is 0. The highest BCUT2D eigenvalue weighted by atomic mass is 32.2. The van der Waals surface area contributed by atoms with E-state index in [9.17, 15) is 0 Å². The van der Waals surface area contributed by atoms with E-state index in [0.717, 1.165) is 21.6 Å². The van der Waals surface area contributed by atoms with Gasteiger partial charge in [-0.3, -0.25) is 0 Å². The Labute approximate surface area is 139 Å².